The average molecular weight is 671 g/mol. The van der Waals surface area contributed by atoms with Crippen LogP contribution in [0.25, 0.3) is 11.0 Å². The van der Waals surface area contributed by atoms with Crippen molar-refractivity contribution in [2.45, 2.75) is 88.9 Å². The lowest BCUT2D eigenvalue weighted by Crippen LogP contribution is -2.43. The zero-order valence-electron chi connectivity index (χ0n) is 27.8. The molecule has 0 bridgehead atoms. The number of ether oxygens (including phenoxy) is 2. The number of rotatable bonds is 14. The van der Waals surface area contributed by atoms with Crippen molar-refractivity contribution in [1.82, 2.24) is 14.5 Å². The lowest BCUT2D eigenvalue weighted by Gasteiger charge is -2.40. The molecule has 1 aromatic heterocycles. The largest absolute Gasteiger partial charge is 0.481 e. The predicted octanol–water partition coefficient (Wildman–Crippen LogP) is 6.07. The van der Waals surface area contributed by atoms with Crippen molar-refractivity contribution in [2.24, 2.45) is 0 Å². The zero-order valence-corrected chi connectivity index (χ0v) is 27.8. The number of aliphatic hydroxyl groups is 1. The number of hydrogen-bond acceptors (Lipinski definition) is 7. The first-order valence-electron chi connectivity index (χ1n) is 17.4. The van der Waals surface area contributed by atoms with E-state index in [2.05, 4.69) is 15.2 Å². The molecule has 0 saturated carbocycles. The number of piperidine rings is 1. The summed E-state index contributed by atoms with van der Waals surface area (Å²) in [6, 6.07) is 23.4. The minimum atomic E-state index is -0.786. The van der Waals surface area contributed by atoms with E-state index in [9.17, 15) is 19.5 Å². The quantitative estimate of drug-likeness (QED) is 0.118. The molecule has 2 saturated heterocycles. The molecule has 2 aliphatic rings. The smallest absolute Gasteiger partial charge is 0.326 e. The first-order chi connectivity index (χ1) is 23.9. The number of fused-ring (bicyclic) bond motifs is 1. The molecule has 6 rings (SSSR count). The number of nitrogens with one attached hydrogen (secondary N) is 2. The predicted molar refractivity (Wildman–Crippen MR) is 186 cm³/mol. The molecule has 0 radical (unpaired) electrons. The van der Waals surface area contributed by atoms with Crippen LogP contribution in [-0.4, -0.2) is 62.3 Å². The molecule has 0 aliphatic carbocycles. The second-order valence-electron chi connectivity index (χ2n) is 13.2. The van der Waals surface area contributed by atoms with E-state index in [4.69, 9.17) is 14.6 Å². The van der Waals surface area contributed by atoms with Gasteiger partial charge in [-0.05, 0) is 61.1 Å². The number of unbranched alkanes of at least 4 members (excludes halogenated alkanes) is 3. The first kappa shape index (κ1) is 34.6. The van der Waals surface area contributed by atoms with Gasteiger partial charge in [-0.25, -0.2) is 4.79 Å². The number of aliphatic carboxylic acids is 1. The van der Waals surface area contributed by atoms with E-state index in [0.717, 1.165) is 73.0 Å². The molecule has 11 nitrogen and oxygen atoms in total. The van der Waals surface area contributed by atoms with Crippen LogP contribution < -0.4 is 11.0 Å². The van der Waals surface area contributed by atoms with Gasteiger partial charge in [-0.3, -0.25) is 14.2 Å². The van der Waals surface area contributed by atoms with E-state index in [1.807, 2.05) is 77.4 Å². The van der Waals surface area contributed by atoms with Crippen LogP contribution in [0.2, 0.25) is 0 Å². The van der Waals surface area contributed by atoms with Crippen LogP contribution in [0.15, 0.2) is 77.6 Å². The lowest BCUT2D eigenvalue weighted by atomic mass is 9.98. The molecule has 4 aromatic rings. The van der Waals surface area contributed by atoms with Gasteiger partial charge in [0.1, 0.15) is 0 Å². The number of aromatic nitrogens is 2. The fourth-order valence-corrected chi connectivity index (χ4v) is 6.98. The number of carbonyl (C=O) groups excluding carboxylic acids is 1. The number of amides is 1. The average Bonchev–Trinajstić information content (AvgIpc) is 3.45. The van der Waals surface area contributed by atoms with Gasteiger partial charge >= 0.3 is 11.7 Å². The number of imidazole rings is 1. The second kappa shape index (κ2) is 16.4. The van der Waals surface area contributed by atoms with Crippen molar-refractivity contribution in [1.29, 1.82) is 0 Å². The van der Waals surface area contributed by atoms with Crippen molar-refractivity contribution >= 4 is 28.6 Å². The van der Waals surface area contributed by atoms with E-state index in [1.165, 1.54) is 0 Å². The Morgan fingerprint density at radius 1 is 0.857 bits per heavy atom. The summed E-state index contributed by atoms with van der Waals surface area (Å²) in [7, 11) is 0. The molecule has 1 amide bonds. The molecule has 0 unspecified atom stereocenters. The van der Waals surface area contributed by atoms with E-state index >= 15 is 0 Å². The number of carboxylic acids is 1. The van der Waals surface area contributed by atoms with E-state index in [-0.39, 0.29) is 42.9 Å². The maximum Gasteiger partial charge on any atom is 0.326 e. The maximum atomic E-state index is 12.8. The summed E-state index contributed by atoms with van der Waals surface area (Å²) >= 11 is 0. The Morgan fingerprint density at radius 2 is 1.55 bits per heavy atom. The molecule has 3 atom stereocenters. The minimum absolute atomic E-state index is 0.0174. The fraction of sp³-hybridized carbons (Fsp3) is 0.447. The van der Waals surface area contributed by atoms with E-state index < -0.39 is 12.3 Å². The van der Waals surface area contributed by atoms with Crippen LogP contribution in [0.5, 0.6) is 0 Å². The van der Waals surface area contributed by atoms with Gasteiger partial charge in [-0.15, -0.1) is 0 Å². The summed E-state index contributed by atoms with van der Waals surface area (Å²) in [4.78, 5) is 41.3. The van der Waals surface area contributed by atoms with E-state index in [1.54, 1.807) is 0 Å². The molecule has 49 heavy (non-hydrogen) atoms. The number of nitrogens with zero attached hydrogens (tertiary/aromatic N) is 2. The molecular weight excluding hydrogens is 624 g/mol. The van der Waals surface area contributed by atoms with Gasteiger partial charge in [0.15, 0.2) is 6.29 Å². The van der Waals surface area contributed by atoms with Crippen LogP contribution >= 0.6 is 0 Å². The van der Waals surface area contributed by atoms with Crippen LogP contribution in [0.1, 0.15) is 92.9 Å². The standard InChI is InChI=1S/C38H46N4O7/c43-25-26-11-13-27(14-12-26)34-23-31(24-41-21-19-30(20-22-41)42-33-8-6-5-7-32(33)40-38(42)47)48-37(49-34)28-15-17-29(18-16-28)39-35(44)9-3-1-2-4-10-36(45)46/h5-8,11-18,30-31,34,37,43H,1-4,9-10,19-25H2,(H,39,44)(H,40,47)(H,45,46)/t31-,34+,37+/m1/s1. The summed E-state index contributed by atoms with van der Waals surface area (Å²) in [6.07, 6.45) is 5.06. The number of benzene rings is 3. The van der Waals surface area contributed by atoms with Crippen LogP contribution in [-0.2, 0) is 25.7 Å². The molecule has 0 spiro atoms. The number of carbonyl (C=O) groups is 2. The normalized spacial score (nSPS) is 20.4. The Bertz CT molecular complexity index is 1740. The molecule has 11 heteroatoms. The first-order valence-corrected chi connectivity index (χ1v) is 17.4. The summed E-state index contributed by atoms with van der Waals surface area (Å²) in [6.45, 7) is 2.44. The number of aliphatic hydroxyl groups excluding tert-OH is 1. The molecule has 3 heterocycles. The number of likely N-dealkylation sites (tertiary alicyclic amines) is 1. The van der Waals surface area contributed by atoms with Crippen molar-refractivity contribution in [2.75, 3.05) is 25.0 Å². The number of carboxylic acid groups (broad SMARTS) is 1. The van der Waals surface area contributed by atoms with Gasteiger partial charge in [0.25, 0.3) is 0 Å². The van der Waals surface area contributed by atoms with Crippen molar-refractivity contribution in [3.8, 4) is 0 Å². The topological polar surface area (TPSA) is 146 Å². The number of aromatic amines is 1. The van der Waals surface area contributed by atoms with Gasteiger partial charge in [-0.2, -0.15) is 0 Å². The zero-order chi connectivity index (χ0) is 34.2. The van der Waals surface area contributed by atoms with Crippen LogP contribution in [0.3, 0.4) is 0 Å². The summed E-state index contributed by atoms with van der Waals surface area (Å²) in [5.74, 6) is -0.855. The van der Waals surface area contributed by atoms with Gasteiger partial charge in [0, 0.05) is 56.2 Å². The highest BCUT2D eigenvalue weighted by Gasteiger charge is 2.34. The molecule has 260 valence electrons. The number of hydrogen-bond donors (Lipinski definition) is 4. The van der Waals surface area contributed by atoms with Crippen molar-refractivity contribution < 1.29 is 29.3 Å². The Labute approximate surface area is 285 Å². The van der Waals surface area contributed by atoms with Gasteiger partial charge in [0.2, 0.25) is 5.91 Å². The number of para-hydroxylation sites is 2. The molecule has 3 aromatic carbocycles. The highest BCUT2D eigenvalue weighted by Crippen LogP contribution is 2.39. The highest BCUT2D eigenvalue weighted by atomic mass is 16.7. The third kappa shape index (κ3) is 9.04. The maximum absolute atomic E-state index is 12.8. The third-order valence-electron chi connectivity index (χ3n) is 9.63. The molecule has 2 aliphatic heterocycles. The number of anilines is 1. The Morgan fingerprint density at radius 3 is 2.27 bits per heavy atom. The molecular formula is C38H46N4O7. The summed E-state index contributed by atoms with van der Waals surface area (Å²) in [5, 5.41) is 21.3. The summed E-state index contributed by atoms with van der Waals surface area (Å²) in [5.41, 5.74) is 5.19. The van der Waals surface area contributed by atoms with Gasteiger partial charge in [0.05, 0.1) is 29.8 Å². The van der Waals surface area contributed by atoms with Crippen molar-refractivity contribution in [3.05, 3.63) is 100.0 Å². The van der Waals surface area contributed by atoms with Crippen LogP contribution in [0, 0.1) is 0 Å². The number of H-pyrrole nitrogens is 1. The lowest BCUT2D eigenvalue weighted by molar-refractivity contribution is -0.253. The molecule has 4 N–H and O–H groups in total. The fourth-order valence-electron chi connectivity index (χ4n) is 6.98. The van der Waals surface area contributed by atoms with Crippen molar-refractivity contribution in [3.63, 3.8) is 0 Å². The second-order valence-corrected chi connectivity index (χ2v) is 13.2. The third-order valence-corrected chi connectivity index (χ3v) is 9.63. The highest BCUT2D eigenvalue weighted by molar-refractivity contribution is 5.90. The Kier molecular flexibility index (Phi) is 11.6. The van der Waals surface area contributed by atoms with Gasteiger partial charge < -0.3 is 34.9 Å². The monoisotopic (exact) mass is 670 g/mol. The summed E-state index contributed by atoms with van der Waals surface area (Å²) < 4.78 is 15.0. The minimum Gasteiger partial charge on any atom is -0.481 e. The Balaban J connectivity index is 1.07. The van der Waals surface area contributed by atoms with Gasteiger partial charge in [-0.1, -0.05) is 61.4 Å². The SMILES string of the molecule is O=C(O)CCCCCCC(=O)Nc1ccc([C@H]2O[C@@H](CN3CCC(n4c(=O)[nH]c5ccccc54)CC3)C[C@@H](c3ccc(CO)cc3)O2)cc1. The molecule has 2 fully saturated rings. The van der Waals surface area contributed by atoms with E-state index in [0.29, 0.717) is 31.4 Å². The van der Waals surface area contributed by atoms with Crippen LogP contribution in [0.4, 0.5) is 5.69 Å². The Hall–Kier alpha value is -4.29.